The second kappa shape index (κ2) is 13.1. The largest absolute Gasteiger partial charge is 0.496 e. The smallest absolute Gasteiger partial charge is 0.218 e. The quantitative estimate of drug-likeness (QED) is 0.139. The highest BCUT2D eigenvalue weighted by Crippen LogP contribution is 2.42. The highest BCUT2D eigenvalue weighted by Gasteiger charge is 2.38. The zero-order valence-electron chi connectivity index (χ0n) is 26.5. The predicted octanol–water partition coefficient (Wildman–Crippen LogP) is 6.81. The van der Waals surface area contributed by atoms with Crippen LogP contribution >= 0.6 is 23.2 Å². The molecular weight excluding hydrogens is 623 g/mol. The fraction of sp³-hybridized carbons (Fsp3) is 0.389. The zero-order valence-corrected chi connectivity index (χ0v) is 28.0. The van der Waals surface area contributed by atoms with Crippen molar-refractivity contribution in [1.29, 1.82) is 0 Å². The molecular formula is C36H40Cl2N4O4. The van der Waals surface area contributed by atoms with Crippen molar-refractivity contribution >= 4 is 23.2 Å². The Morgan fingerprint density at radius 1 is 0.783 bits per heavy atom. The lowest BCUT2D eigenvalue weighted by atomic mass is 9.77. The molecule has 2 aliphatic carbocycles. The second-order valence-electron chi connectivity index (χ2n) is 13.0. The van der Waals surface area contributed by atoms with Crippen LogP contribution in [0.5, 0.6) is 11.6 Å². The van der Waals surface area contributed by atoms with E-state index in [1.165, 1.54) is 0 Å². The Bertz CT molecular complexity index is 1600. The molecule has 242 valence electrons. The summed E-state index contributed by atoms with van der Waals surface area (Å²) in [7, 11) is 3.26. The standard InChI is InChI=1S/C36H40Cl2N4O4/c1-35(43)15-24(16-35)40-19-22-9-8-21(14-30(22)45-3)33-32(38)27(12-13-39-33)26-6-5-7-28(31(26)37)29-11-10-23(34(42-29)46-4)20-41-25-17-36(2,44)18-25/h5-14,24-25,40-41,43-44H,15-20H2,1-4H3/t24-,25-,35+,36+. The molecule has 2 aromatic carbocycles. The van der Waals surface area contributed by atoms with Gasteiger partial charge in [-0.05, 0) is 57.7 Å². The summed E-state index contributed by atoms with van der Waals surface area (Å²) in [6, 6.07) is 18.1. The molecule has 0 saturated heterocycles. The first-order valence-electron chi connectivity index (χ1n) is 15.5. The molecule has 8 nitrogen and oxygen atoms in total. The summed E-state index contributed by atoms with van der Waals surface area (Å²) < 4.78 is 11.4. The number of halogens is 2. The van der Waals surface area contributed by atoms with Crippen molar-refractivity contribution in [2.75, 3.05) is 14.2 Å². The van der Waals surface area contributed by atoms with Gasteiger partial charge < -0.3 is 30.3 Å². The predicted molar refractivity (Wildman–Crippen MR) is 182 cm³/mol. The Labute approximate surface area is 280 Å². The maximum atomic E-state index is 10.0. The van der Waals surface area contributed by atoms with Crippen LogP contribution in [0.3, 0.4) is 0 Å². The molecule has 0 bridgehead atoms. The molecule has 0 aliphatic heterocycles. The summed E-state index contributed by atoms with van der Waals surface area (Å²) in [5.41, 5.74) is 5.20. The summed E-state index contributed by atoms with van der Waals surface area (Å²) in [6.07, 6.45) is 4.66. The van der Waals surface area contributed by atoms with Gasteiger partial charge in [-0.1, -0.05) is 59.6 Å². The lowest BCUT2D eigenvalue weighted by molar-refractivity contribution is -0.0399. The van der Waals surface area contributed by atoms with Crippen LogP contribution in [-0.4, -0.2) is 57.7 Å². The minimum atomic E-state index is -0.584. The van der Waals surface area contributed by atoms with Gasteiger partial charge in [0, 0.05) is 64.8 Å². The summed E-state index contributed by atoms with van der Waals surface area (Å²) in [5.74, 6) is 1.26. The number of nitrogens with one attached hydrogen (secondary N) is 2. The molecule has 46 heavy (non-hydrogen) atoms. The van der Waals surface area contributed by atoms with E-state index in [9.17, 15) is 10.2 Å². The molecule has 2 fully saturated rings. The molecule has 2 aliphatic rings. The van der Waals surface area contributed by atoms with Crippen LogP contribution in [0.4, 0.5) is 0 Å². The number of aliphatic hydroxyl groups is 2. The average molecular weight is 664 g/mol. The van der Waals surface area contributed by atoms with Gasteiger partial charge in [-0.15, -0.1) is 0 Å². The number of aromatic nitrogens is 2. The zero-order chi connectivity index (χ0) is 32.6. The van der Waals surface area contributed by atoms with E-state index in [4.69, 9.17) is 37.7 Å². The SMILES string of the molecule is COc1cc(-c2nccc(-c3cccc(-c4ccc(CN[C@H]5C[C@@](C)(O)C5)c(OC)n4)c3Cl)c2Cl)ccc1CN[C@H]1C[C@@](C)(O)C1. The second-order valence-corrected chi connectivity index (χ2v) is 13.8. The van der Waals surface area contributed by atoms with Gasteiger partial charge >= 0.3 is 0 Å². The van der Waals surface area contributed by atoms with E-state index in [1.54, 1.807) is 20.4 Å². The summed E-state index contributed by atoms with van der Waals surface area (Å²) in [6.45, 7) is 4.95. The molecule has 2 saturated carbocycles. The maximum absolute atomic E-state index is 10.0. The van der Waals surface area contributed by atoms with E-state index in [-0.39, 0.29) is 12.1 Å². The average Bonchev–Trinajstić information content (AvgIpc) is 3.01. The van der Waals surface area contributed by atoms with Crippen LogP contribution < -0.4 is 20.1 Å². The molecule has 4 aromatic rings. The Kier molecular flexibility index (Phi) is 9.31. The van der Waals surface area contributed by atoms with Gasteiger partial charge in [0.2, 0.25) is 5.88 Å². The van der Waals surface area contributed by atoms with E-state index in [0.29, 0.717) is 40.4 Å². The first-order valence-corrected chi connectivity index (χ1v) is 16.3. The fourth-order valence-electron chi connectivity index (χ4n) is 6.56. The molecule has 0 amide bonds. The van der Waals surface area contributed by atoms with Crippen molar-refractivity contribution in [3.05, 3.63) is 82.0 Å². The monoisotopic (exact) mass is 662 g/mol. The molecule has 6 rings (SSSR count). The topological polar surface area (TPSA) is 109 Å². The number of hydrogen-bond acceptors (Lipinski definition) is 8. The summed E-state index contributed by atoms with van der Waals surface area (Å²) in [5, 5.41) is 28.1. The van der Waals surface area contributed by atoms with E-state index >= 15 is 0 Å². The van der Waals surface area contributed by atoms with Crippen molar-refractivity contribution in [3.63, 3.8) is 0 Å². The van der Waals surface area contributed by atoms with Crippen LogP contribution in [0, 0.1) is 0 Å². The van der Waals surface area contributed by atoms with Gasteiger partial charge in [-0.2, -0.15) is 0 Å². The first-order chi connectivity index (χ1) is 22.0. The molecule has 0 atom stereocenters. The first kappa shape index (κ1) is 32.7. The van der Waals surface area contributed by atoms with Gasteiger partial charge in [0.05, 0.1) is 46.9 Å². The van der Waals surface area contributed by atoms with Crippen LogP contribution in [0.25, 0.3) is 33.6 Å². The number of benzene rings is 2. The Morgan fingerprint density at radius 3 is 2.02 bits per heavy atom. The van der Waals surface area contributed by atoms with E-state index in [2.05, 4.69) is 15.6 Å². The van der Waals surface area contributed by atoms with Gasteiger partial charge in [-0.25, -0.2) is 4.98 Å². The summed E-state index contributed by atoms with van der Waals surface area (Å²) in [4.78, 5) is 9.41. The van der Waals surface area contributed by atoms with Gasteiger partial charge in [0.25, 0.3) is 0 Å². The molecule has 0 unspecified atom stereocenters. The van der Waals surface area contributed by atoms with Gasteiger partial charge in [0.1, 0.15) is 5.75 Å². The van der Waals surface area contributed by atoms with Crippen molar-refractivity contribution in [2.45, 2.75) is 75.9 Å². The van der Waals surface area contributed by atoms with E-state index in [0.717, 1.165) is 64.8 Å². The van der Waals surface area contributed by atoms with Crippen LogP contribution in [0.1, 0.15) is 50.7 Å². The molecule has 10 heteroatoms. The molecule has 2 aromatic heterocycles. The minimum absolute atomic E-state index is 0.271. The number of ether oxygens (including phenoxy) is 2. The Hall–Kier alpha value is -3.24. The number of hydrogen-bond donors (Lipinski definition) is 4. The highest BCUT2D eigenvalue weighted by molar-refractivity contribution is 6.39. The summed E-state index contributed by atoms with van der Waals surface area (Å²) >= 11 is 14.1. The lowest BCUT2D eigenvalue weighted by Gasteiger charge is -2.41. The van der Waals surface area contributed by atoms with Crippen molar-refractivity contribution in [2.24, 2.45) is 0 Å². The Morgan fingerprint density at radius 2 is 1.39 bits per heavy atom. The number of methoxy groups -OCH3 is 2. The van der Waals surface area contributed by atoms with Gasteiger partial charge in [0.15, 0.2) is 0 Å². The van der Waals surface area contributed by atoms with E-state index < -0.39 is 11.2 Å². The fourth-order valence-corrected chi connectivity index (χ4v) is 7.21. The van der Waals surface area contributed by atoms with Crippen LogP contribution in [-0.2, 0) is 13.1 Å². The normalized spacial score (nSPS) is 23.8. The number of rotatable bonds is 11. The Balaban J connectivity index is 1.23. The molecule has 2 heterocycles. The number of pyridine rings is 2. The third-order valence-electron chi connectivity index (χ3n) is 9.05. The number of nitrogens with zero attached hydrogens (tertiary/aromatic N) is 2. The minimum Gasteiger partial charge on any atom is -0.496 e. The lowest BCUT2D eigenvalue weighted by Crippen LogP contribution is -2.51. The van der Waals surface area contributed by atoms with Crippen molar-refractivity contribution in [3.8, 4) is 45.3 Å². The maximum Gasteiger partial charge on any atom is 0.218 e. The van der Waals surface area contributed by atoms with Crippen LogP contribution in [0.2, 0.25) is 10.0 Å². The van der Waals surface area contributed by atoms with Crippen molar-refractivity contribution < 1.29 is 19.7 Å². The molecule has 4 N–H and O–H groups in total. The third-order valence-corrected chi connectivity index (χ3v) is 9.84. The van der Waals surface area contributed by atoms with Gasteiger partial charge in [-0.3, -0.25) is 4.98 Å². The van der Waals surface area contributed by atoms with Crippen molar-refractivity contribution in [1.82, 2.24) is 20.6 Å². The van der Waals surface area contributed by atoms with Crippen LogP contribution in [0.15, 0.2) is 60.8 Å². The molecule has 0 spiro atoms. The molecule has 0 radical (unpaired) electrons. The highest BCUT2D eigenvalue weighted by atomic mass is 35.5. The van der Waals surface area contributed by atoms with E-state index in [1.807, 2.05) is 68.4 Å². The third kappa shape index (κ3) is 6.88.